The maximum Gasteiger partial charge on any atom is 0.303 e. The molecule has 1 aliphatic rings. The number of carbonyl (C=O) groups excluding carboxylic acids is 5. The van der Waals surface area contributed by atoms with E-state index in [0.29, 0.717) is 0 Å². The minimum Gasteiger partial charge on any atom is -0.463 e. The number of ether oxygens (including phenoxy) is 5. The lowest BCUT2D eigenvalue weighted by Crippen LogP contribution is -2.66. The van der Waals surface area contributed by atoms with Crippen molar-refractivity contribution in [1.29, 1.82) is 0 Å². The van der Waals surface area contributed by atoms with E-state index in [1.807, 2.05) is 6.07 Å². The van der Waals surface area contributed by atoms with Crippen molar-refractivity contribution in [2.45, 2.75) is 58.3 Å². The average Bonchev–Trinajstić information content (AvgIpc) is 2.75. The zero-order valence-electron chi connectivity index (χ0n) is 19.2. The Hall–Kier alpha value is -3.73. The summed E-state index contributed by atoms with van der Waals surface area (Å²) in [5.74, 6) is -3.51. The van der Waals surface area contributed by atoms with Crippen LogP contribution in [0.2, 0.25) is 0 Å². The van der Waals surface area contributed by atoms with Crippen LogP contribution in [-0.4, -0.2) is 67.0 Å². The molecular formula is C23H27NO10. The van der Waals surface area contributed by atoms with Crippen molar-refractivity contribution in [3.8, 4) is 0 Å². The lowest BCUT2D eigenvalue weighted by atomic mass is 9.97. The second-order valence-electron chi connectivity index (χ2n) is 7.37. The Morgan fingerprint density at radius 2 is 1.38 bits per heavy atom. The number of benzene rings is 1. The van der Waals surface area contributed by atoms with Crippen LogP contribution in [-0.2, 0) is 47.7 Å². The van der Waals surface area contributed by atoms with E-state index in [9.17, 15) is 24.0 Å². The van der Waals surface area contributed by atoms with E-state index in [1.54, 1.807) is 30.3 Å². The van der Waals surface area contributed by atoms with E-state index < -0.39 is 60.4 Å². The zero-order valence-corrected chi connectivity index (χ0v) is 19.2. The lowest BCUT2D eigenvalue weighted by Gasteiger charge is -2.44. The number of amides is 1. The first-order valence-corrected chi connectivity index (χ1v) is 10.4. The normalized spacial score (nSPS) is 24.1. The fraction of sp³-hybridized carbons (Fsp3) is 0.435. The summed E-state index contributed by atoms with van der Waals surface area (Å²) < 4.78 is 26.7. The Morgan fingerprint density at radius 1 is 0.824 bits per heavy atom. The first-order valence-electron chi connectivity index (χ1n) is 10.4. The van der Waals surface area contributed by atoms with Crippen LogP contribution in [0.3, 0.4) is 0 Å². The highest BCUT2D eigenvalue weighted by Gasteiger charge is 2.52. The second kappa shape index (κ2) is 12.5. The van der Waals surface area contributed by atoms with Gasteiger partial charge in [0, 0.05) is 33.8 Å². The van der Waals surface area contributed by atoms with Gasteiger partial charge in [-0.1, -0.05) is 30.3 Å². The highest BCUT2D eigenvalue weighted by molar-refractivity contribution is 5.91. The van der Waals surface area contributed by atoms with E-state index in [0.717, 1.165) is 26.3 Å². The molecule has 34 heavy (non-hydrogen) atoms. The molecule has 1 aromatic rings. The smallest absolute Gasteiger partial charge is 0.303 e. The van der Waals surface area contributed by atoms with E-state index in [-0.39, 0.29) is 6.61 Å². The molecule has 1 aliphatic heterocycles. The van der Waals surface area contributed by atoms with Crippen LogP contribution < -0.4 is 5.32 Å². The number of hydrogen-bond donors (Lipinski definition) is 1. The van der Waals surface area contributed by atoms with Gasteiger partial charge in [0.2, 0.25) is 5.91 Å². The molecule has 5 atom stereocenters. The first kappa shape index (κ1) is 26.5. The fourth-order valence-corrected chi connectivity index (χ4v) is 3.27. The summed E-state index contributed by atoms with van der Waals surface area (Å²) in [6.45, 7) is 4.14. The molecule has 0 radical (unpaired) electrons. The van der Waals surface area contributed by atoms with Crippen molar-refractivity contribution >= 4 is 35.9 Å². The molecule has 184 valence electrons. The Labute approximate surface area is 196 Å². The average molecular weight is 477 g/mol. The van der Waals surface area contributed by atoms with Gasteiger partial charge in [0.1, 0.15) is 12.7 Å². The molecule has 1 N–H and O–H groups in total. The van der Waals surface area contributed by atoms with Gasteiger partial charge in [-0.05, 0) is 11.6 Å². The number of hydrogen-bond acceptors (Lipinski definition) is 10. The third-order valence-corrected chi connectivity index (χ3v) is 4.50. The maximum atomic E-state index is 12.6. The molecule has 1 amide bonds. The van der Waals surface area contributed by atoms with Gasteiger partial charge >= 0.3 is 23.9 Å². The Kier molecular flexibility index (Phi) is 9.75. The molecule has 11 heteroatoms. The molecule has 0 aliphatic carbocycles. The summed E-state index contributed by atoms with van der Waals surface area (Å²) in [4.78, 5) is 59.2. The predicted octanol–water partition coefficient (Wildman–Crippen LogP) is 0.899. The van der Waals surface area contributed by atoms with Gasteiger partial charge in [-0.2, -0.15) is 0 Å². The number of esters is 4. The Balaban J connectivity index is 2.35. The monoisotopic (exact) mass is 477 g/mol. The molecule has 1 aromatic carbocycles. The molecule has 11 nitrogen and oxygen atoms in total. The third-order valence-electron chi connectivity index (χ3n) is 4.50. The molecule has 1 fully saturated rings. The van der Waals surface area contributed by atoms with Gasteiger partial charge in [0.15, 0.2) is 24.5 Å². The lowest BCUT2D eigenvalue weighted by molar-refractivity contribution is -0.256. The third kappa shape index (κ3) is 8.32. The predicted molar refractivity (Wildman–Crippen MR) is 116 cm³/mol. The van der Waals surface area contributed by atoms with Gasteiger partial charge in [-0.15, -0.1) is 0 Å². The van der Waals surface area contributed by atoms with Crippen molar-refractivity contribution in [2.24, 2.45) is 0 Å². The molecule has 0 aromatic heterocycles. The van der Waals surface area contributed by atoms with Crippen LogP contribution in [0.15, 0.2) is 36.4 Å². The minimum absolute atomic E-state index is 0.385. The quantitative estimate of drug-likeness (QED) is 0.326. The standard InChI is InChI=1S/C23H27NO10/c1-13(25)30-12-18-20(31-14(2)26)21(32-15(3)27)22(33-16(4)28)23(34-18)24-19(29)11-10-17-8-6-5-7-9-17/h5-11,18,20-23H,12H2,1-4H3,(H,24,29)/t18-,20-,21+,22+,23-/m1/s1. The minimum atomic E-state index is -1.37. The number of carbonyl (C=O) groups is 5. The molecule has 1 saturated heterocycles. The summed E-state index contributed by atoms with van der Waals surface area (Å²) in [7, 11) is 0. The topological polar surface area (TPSA) is 144 Å². The summed E-state index contributed by atoms with van der Waals surface area (Å²) in [6.07, 6.45) is -3.69. The number of rotatable bonds is 8. The van der Waals surface area contributed by atoms with Crippen molar-refractivity contribution in [1.82, 2.24) is 5.32 Å². The van der Waals surface area contributed by atoms with E-state index >= 15 is 0 Å². The van der Waals surface area contributed by atoms with E-state index in [1.165, 1.54) is 13.0 Å². The molecule has 0 saturated carbocycles. The SMILES string of the molecule is CC(=O)OC[C@H]1O[C@@H](NC(=O)C=Cc2ccccc2)[C@@H](OC(C)=O)[C@@H](OC(C)=O)[C@@H]1OC(C)=O. The Morgan fingerprint density at radius 3 is 1.94 bits per heavy atom. The number of nitrogens with one attached hydrogen (secondary N) is 1. The van der Waals surface area contributed by atoms with Crippen LogP contribution in [0.5, 0.6) is 0 Å². The molecule has 0 spiro atoms. The highest BCUT2D eigenvalue weighted by atomic mass is 16.7. The van der Waals surface area contributed by atoms with Crippen LogP contribution in [0.25, 0.3) is 6.08 Å². The molecular weight excluding hydrogens is 450 g/mol. The molecule has 1 heterocycles. The van der Waals surface area contributed by atoms with Gasteiger partial charge in [0.05, 0.1) is 0 Å². The van der Waals surface area contributed by atoms with Crippen molar-refractivity contribution in [2.75, 3.05) is 6.61 Å². The first-order chi connectivity index (χ1) is 16.1. The van der Waals surface area contributed by atoms with Gasteiger partial charge in [-0.3, -0.25) is 24.0 Å². The zero-order chi connectivity index (χ0) is 25.3. The van der Waals surface area contributed by atoms with Crippen molar-refractivity contribution in [3.05, 3.63) is 42.0 Å². The second-order valence-corrected chi connectivity index (χ2v) is 7.37. The van der Waals surface area contributed by atoms with Gasteiger partial charge < -0.3 is 29.0 Å². The summed E-state index contributed by atoms with van der Waals surface area (Å²) >= 11 is 0. The summed E-state index contributed by atoms with van der Waals surface area (Å²) in [5.41, 5.74) is 0.763. The van der Waals surface area contributed by atoms with Crippen LogP contribution in [0, 0.1) is 0 Å². The largest absolute Gasteiger partial charge is 0.463 e. The van der Waals surface area contributed by atoms with Gasteiger partial charge in [-0.25, -0.2) is 0 Å². The van der Waals surface area contributed by atoms with Crippen molar-refractivity contribution < 1.29 is 47.7 Å². The molecule has 0 unspecified atom stereocenters. The highest BCUT2D eigenvalue weighted by Crippen LogP contribution is 2.28. The summed E-state index contributed by atoms with van der Waals surface area (Å²) in [6, 6.07) is 9.01. The maximum absolute atomic E-state index is 12.6. The Bertz CT molecular complexity index is 929. The molecule has 2 rings (SSSR count). The van der Waals surface area contributed by atoms with Crippen molar-refractivity contribution in [3.63, 3.8) is 0 Å². The van der Waals surface area contributed by atoms with Gasteiger partial charge in [0.25, 0.3) is 0 Å². The van der Waals surface area contributed by atoms with Crippen LogP contribution >= 0.6 is 0 Å². The van der Waals surface area contributed by atoms with Crippen LogP contribution in [0.1, 0.15) is 33.3 Å². The summed E-state index contributed by atoms with van der Waals surface area (Å²) in [5, 5.41) is 2.54. The fourth-order valence-electron chi connectivity index (χ4n) is 3.27. The van der Waals surface area contributed by atoms with E-state index in [2.05, 4.69) is 5.32 Å². The van der Waals surface area contributed by atoms with Crippen LogP contribution in [0.4, 0.5) is 0 Å². The molecule has 0 bridgehead atoms. The van der Waals surface area contributed by atoms with E-state index in [4.69, 9.17) is 23.7 Å².